The molecule has 0 bridgehead atoms. The normalized spacial score (nSPS) is 27.8. The van der Waals surface area contributed by atoms with Crippen LogP contribution in [0.2, 0.25) is 0 Å². The summed E-state index contributed by atoms with van der Waals surface area (Å²) in [5, 5.41) is 5.28. The Bertz CT molecular complexity index is 763. The van der Waals surface area contributed by atoms with Gasteiger partial charge in [-0.2, -0.15) is 0 Å². The van der Waals surface area contributed by atoms with Crippen molar-refractivity contribution < 1.29 is 23.9 Å². The van der Waals surface area contributed by atoms with Crippen LogP contribution in [0.5, 0.6) is 0 Å². The molecule has 4 amide bonds. The summed E-state index contributed by atoms with van der Waals surface area (Å²) in [5.41, 5.74) is 5.27. The molecule has 1 spiro atoms. The van der Waals surface area contributed by atoms with E-state index in [0.717, 1.165) is 44.2 Å². The Morgan fingerprint density at radius 3 is 2.24 bits per heavy atom. The number of ether oxygens (including phenoxy) is 1. The fourth-order valence-corrected chi connectivity index (χ4v) is 5.17. The molecule has 0 aromatic rings. The molecule has 2 aliphatic heterocycles. The van der Waals surface area contributed by atoms with Crippen LogP contribution in [0.4, 0.5) is 0 Å². The summed E-state index contributed by atoms with van der Waals surface area (Å²) in [7, 11) is 1.66. The van der Waals surface area contributed by atoms with Gasteiger partial charge in [0.15, 0.2) is 0 Å². The summed E-state index contributed by atoms with van der Waals surface area (Å²) < 4.78 is 5.30. The van der Waals surface area contributed by atoms with Crippen LogP contribution in [0.15, 0.2) is 0 Å². The van der Waals surface area contributed by atoms with Crippen molar-refractivity contribution in [2.45, 2.75) is 90.8 Å². The van der Waals surface area contributed by atoms with Crippen LogP contribution in [0.1, 0.15) is 73.6 Å². The third-order valence-electron chi connectivity index (χ3n) is 7.99. The lowest BCUT2D eigenvalue weighted by Crippen LogP contribution is -2.42. The van der Waals surface area contributed by atoms with Crippen LogP contribution < -0.4 is 16.4 Å². The summed E-state index contributed by atoms with van der Waals surface area (Å²) in [6.45, 7) is 14.5. The quantitative estimate of drug-likeness (QED) is 0.454. The number of hydrogen-bond donors (Lipinski definition) is 3. The van der Waals surface area contributed by atoms with Gasteiger partial charge in [-0.25, -0.2) is 0 Å². The zero-order chi connectivity index (χ0) is 25.9. The van der Waals surface area contributed by atoms with E-state index in [0.29, 0.717) is 24.7 Å². The number of nitrogens with one attached hydrogen (secondary N) is 2. The molecule has 4 rings (SSSR count). The summed E-state index contributed by atoms with van der Waals surface area (Å²) in [6, 6.07) is -0.748. The Kier molecular flexibility index (Phi) is 8.77. The zero-order valence-electron chi connectivity index (χ0n) is 21.9. The summed E-state index contributed by atoms with van der Waals surface area (Å²) in [6.07, 6.45) is 3.99. The molecular weight excluding hydrogens is 436 g/mol. The fourth-order valence-electron chi connectivity index (χ4n) is 5.17. The highest BCUT2D eigenvalue weighted by Gasteiger charge is 2.62. The number of carbonyl (C=O) groups excluding carboxylic acids is 4. The molecule has 2 saturated heterocycles. The number of piperidine rings is 1. The van der Waals surface area contributed by atoms with Gasteiger partial charge >= 0.3 is 0 Å². The van der Waals surface area contributed by atoms with E-state index >= 15 is 0 Å². The van der Waals surface area contributed by atoms with E-state index in [1.807, 2.05) is 32.6 Å². The maximum atomic E-state index is 12.0. The van der Waals surface area contributed by atoms with E-state index in [-0.39, 0.29) is 28.9 Å². The van der Waals surface area contributed by atoms with E-state index in [9.17, 15) is 19.2 Å². The monoisotopic (exact) mass is 480 g/mol. The number of nitrogens with zero attached hydrogens (tertiary/aromatic N) is 1. The average molecular weight is 481 g/mol. The van der Waals surface area contributed by atoms with Gasteiger partial charge in [0.1, 0.15) is 6.04 Å². The number of methoxy groups -OCH3 is 1. The average Bonchev–Trinajstić information content (AvgIpc) is 3.46. The molecule has 194 valence electrons. The molecule has 4 N–H and O–H groups in total. The van der Waals surface area contributed by atoms with Crippen molar-refractivity contribution in [1.82, 2.24) is 15.5 Å². The summed E-state index contributed by atoms with van der Waals surface area (Å²) in [4.78, 5) is 47.0. The molecule has 9 nitrogen and oxygen atoms in total. The number of amides is 4. The molecule has 0 radical (unpaired) electrons. The van der Waals surface area contributed by atoms with Gasteiger partial charge in [0.25, 0.3) is 0 Å². The van der Waals surface area contributed by atoms with Crippen molar-refractivity contribution in [1.29, 1.82) is 0 Å². The molecular formula is C25H44N4O5. The van der Waals surface area contributed by atoms with E-state index < -0.39 is 11.9 Å². The van der Waals surface area contributed by atoms with Crippen molar-refractivity contribution >= 4 is 24.1 Å². The first-order valence-corrected chi connectivity index (χ1v) is 12.5. The van der Waals surface area contributed by atoms with Crippen LogP contribution >= 0.6 is 0 Å². The van der Waals surface area contributed by atoms with Crippen molar-refractivity contribution in [3.8, 4) is 0 Å². The number of hydrogen-bond acceptors (Lipinski definition) is 5. The standard InChI is InChI=1S/C13H23NO2.C10H15N3O3.C2H6/c1-12(2,16-5)6-11(15)14-7-9-10(8-14)13(9,3)4;11-8(15)7(12-5-14)3-6-4-10(1-2-10)13-9(6)16;1-2/h9-10H,6-8H2,1-5H3;5-7H,1-4H2,(H2,11,15)(H,12,14)(H,13,16);1-2H3. The van der Waals surface area contributed by atoms with E-state index in [1.165, 1.54) is 0 Å². The largest absolute Gasteiger partial charge is 0.378 e. The second-order valence-electron chi connectivity index (χ2n) is 11.1. The van der Waals surface area contributed by atoms with Crippen LogP contribution in [-0.2, 0) is 23.9 Å². The lowest BCUT2D eigenvalue weighted by Gasteiger charge is -2.27. The predicted octanol–water partition coefficient (Wildman–Crippen LogP) is 1.59. The second-order valence-corrected chi connectivity index (χ2v) is 11.1. The lowest BCUT2D eigenvalue weighted by atomic mass is 9.95. The van der Waals surface area contributed by atoms with Gasteiger partial charge in [-0.15, -0.1) is 0 Å². The minimum atomic E-state index is -0.748. The Labute approximate surface area is 203 Å². The van der Waals surface area contributed by atoms with Gasteiger partial charge in [0, 0.05) is 31.7 Å². The predicted molar refractivity (Wildman–Crippen MR) is 129 cm³/mol. The lowest BCUT2D eigenvalue weighted by molar-refractivity contribution is -0.136. The second kappa shape index (κ2) is 10.6. The Hall–Kier alpha value is -2.16. The van der Waals surface area contributed by atoms with Crippen molar-refractivity contribution in [3.05, 3.63) is 0 Å². The minimum Gasteiger partial charge on any atom is -0.378 e. The van der Waals surface area contributed by atoms with Crippen molar-refractivity contribution in [2.75, 3.05) is 20.2 Å². The smallest absolute Gasteiger partial charge is 0.240 e. The Balaban J connectivity index is 0.000000224. The van der Waals surface area contributed by atoms with Crippen LogP contribution in [0.3, 0.4) is 0 Å². The first-order chi connectivity index (χ1) is 15.8. The maximum absolute atomic E-state index is 12.0. The van der Waals surface area contributed by atoms with Crippen LogP contribution in [0, 0.1) is 23.2 Å². The zero-order valence-corrected chi connectivity index (χ0v) is 21.9. The van der Waals surface area contributed by atoms with Gasteiger partial charge in [-0.05, 0) is 56.8 Å². The highest BCUT2D eigenvalue weighted by Crippen LogP contribution is 2.62. The number of nitrogens with two attached hydrogens (primary N) is 1. The molecule has 4 unspecified atom stereocenters. The van der Waals surface area contributed by atoms with Gasteiger partial charge < -0.3 is 26.0 Å². The summed E-state index contributed by atoms with van der Waals surface area (Å²) >= 11 is 0. The SMILES string of the molecule is CC.COC(C)(C)CC(=O)N1CC2C(C1)C2(C)C.NC(=O)C(CC1CC2(CC2)NC1=O)NC=O. The van der Waals surface area contributed by atoms with E-state index in [1.54, 1.807) is 7.11 Å². The molecule has 2 aliphatic carbocycles. The number of fused-ring (bicyclic) bond motifs is 1. The highest BCUT2D eigenvalue weighted by atomic mass is 16.5. The molecule has 9 heteroatoms. The van der Waals surface area contributed by atoms with Gasteiger partial charge in [0.2, 0.25) is 24.1 Å². The molecule has 0 aromatic heterocycles. The first kappa shape index (κ1) is 28.1. The molecule has 4 aliphatic rings. The van der Waals surface area contributed by atoms with Crippen molar-refractivity contribution in [2.24, 2.45) is 28.9 Å². The highest BCUT2D eigenvalue weighted by molar-refractivity contribution is 5.86. The maximum Gasteiger partial charge on any atom is 0.240 e. The number of likely N-dealkylation sites (tertiary alicyclic amines) is 1. The minimum absolute atomic E-state index is 0.00880. The molecule has 2 heterocycles. The molecule has 34 heavy (non-hydrogen) atoms. The van der Waals surface area contributed by atoms with Gasteiger partial charge in [-0.1, -0.05) is 27.7 Å². The molecule has 2 saturated carbocycles. The topological polar surface area (TPSA) is 131 Å². The van der Waals surface area contributed by atoms with Gasteiger partial charge in [0.05, 0.1) is 12.0 Å². The Morgan fingerprint density at radius 2 is 1.82 bits per heavy atom. The third-order valence-corrected chi connectivity index (χ3v) is 7.99. The van der Waals surface area contributed by atoms with E-state index in [4.69, 9.17) is 10.5 Å². The molecule has 0 aromatic carbocycles. The third kappa shape index (κ3) is 6.49. The number of carbonyl (C=O) groups is 4. The number of primary amides is 1. The van der Waals surface area contributed by atoms with Crippen LogP contribution in [0.25, 0.3) is 0 Å². The number of rotatable bonds is 8. The van der Waals surface area contributed by atoms with E-state index in [2.05, 4.69) is 24.5 Å². The molecule has 4 fully saturated rings. The molecule has 4 atom stereocenters. The van der Waals surface area contributed by atoms with Crippen LogP contribution in [-0.4, -0.2) is 66.4 Å². The summed E-state index contributed by atoms with van der Waals surface area (Å²) in [5.74, 6) is 0.875. The Morgan fingerprint density at radius 1 is 1.26 bits per heavy atom. The first-order valence-electron chi connectivity index (χ1n) is 12.5. The van der Waals surface area contributed by atoms with Gasteiger partial charge in [-0.3, -0.25) is 19.2 Å². The van der Waals surface area contributed by atoms with Crippen molar-refractivity contribution in [3.63, 3.8) is 0 Å². The fraction of sp³-hybridized carbons (Fsp3) is 0.840.